The molecular weight excluding hydrogens is 291 g/mol. The third-order valence-electron chi connectivity index (χ3n) is 3.71. The Morgan fingerprint density at radius 1 is 1.38 bits per heavy atom. The lowest BCUT2D eigenvalue weighted by Crippen LogP contribution is -2.48. The van der Waals surface area contributed by atoms with Crippen molar-refractivity contribution in [3.63, 3.8) is 0 Å². The van der Waals surface area contributed by atoms with Crippen LogP contribution in [0.4, 0.5) is 4.39 Å². The number of hydrogen-bond donors (Lipinski definition) is 2. The van der Waals surface area contributed by atoms with Crippen LogP contribution in [0.2, 0.25) is 0 Å². The largest absolute Gasteiger partial charge is 0.312 e. The van der Waals surface area contributed by atoms with Crippen molar-refractivity contribution in [1.29, 1.82) is 0 Å². The van der Waals surface area contributed by atoms with Gasteiger partial charge in [-0.05, 0) is 19.1 Å². The summed E-state index contributed by atoms with van der Waals surface area (Å²) in [4.78, 5) is 2.37. The fourth-order valence-electron chi connectivity index (χ4n) is 2.72. The molecule has 21 heavy (non-hydrogen) atoms. The highest BCUT2D eigenvalue weighted by Gasteiger charge is 2.18. The third-order valence-corrected chi connectivity index (χ3v) is 3.71. The normalized spacial score (nSPS) is 19.2. The third kappa shape index (κ3) is 3.61. The number of halogens is 2. The van der Waals surface area contributed by atoms with Gasteiger partial charge in [0.1, 0.15) is 5.82 Å². The SMILES string of the molecule is C[C@H]1CN(Cc2cn[nH]c2-c2ccccc2F)CCN1.Cl. The smallest absolute Gasteiger partial charge is 0.132 e. The zero-order valence-corrected chi connectivity index (χ0v) is 12.8. The summed E-state index contributed by atoms with van der Waals surface area (Å²) >= 11 is 0. The molecule has 0 aliphatic carbocycles. The van der Waals surface area contributed by atoms with Crippen LogP contribution in [0.3, 0.4) is 0 Å². The molecule has 1 aromatic carbocycles. The zero-order valence-electron chi connectivity index (χ0n) is 12.0. The van der Waals surface area contributed by atoms with Gasteiger partial charge in [0.25, 0.3) is 0 Å². The van der Waals surface area contributed by atoms with Crippen LogP contribution in [0, 0.1) is 5.82 Å². The van der Waals surface area contributed by atoms with E-state index in [4.69, 9.17) is 0 Å². The number of nitrogens with one attached hydrogen (secondary N) is 2. The monoisotopic (exact) mass is 310 g/mol. The van der Waals surface area contributed by atoms with Gasteiger partial charge in [-0.2, -0.15) is 5.10 Å². The van der Waals surface area contributed by atoms with Gasteiger partial charge < -0.3 is 5.32 Å². The second-order valence-corrected chi connectivity index (χ2v) is 5.34. The van der Waals surface area contributed by atoms with Crippen LogP contribution >= 0.6 is 12.4 Å². The number of benzene rings is 1. The minimum absolute atomic E-state index is 0. The molecule has 1 aliphatic heterocycles. The first kappa shape index (κ1) is 15.9. The van der Waals surface area contributed by atoms with Crippen LogP contribution in [-0.2, 0) is 6.54 Å². The fraction of sp³-hybridized carbons (Fsp3) is 0.400. The molecule has 0 amide bonds. The quantitative estimate of drug-likeness (QED) is 0.915. The molecule has 1 saturated heterocycles. The van der Waals surface area contributed by atoms with Gasteiger partial charge in [0, 0.05) is 43.3 Å². The molecule has 2 heterocycles. The molecule has 1 aromatic heterocycles. The molecule has 0 saturated carbocycles. The minimum Gasteiger partial charge on any atom is -0.312 e. The van der Waals surface area contributed by atoms with E-state index in [1.807, 2.05) is 6.07 Å². The summed E-state index contributed by atoms with van der Waals surface area (Å²) in [5.74, 6) is -0.216. The average molecular weight is 311 g/mol. The van der Waals surface area contributed by atoms with Gasteiger partial charge in [-0.3, -0.25) is 10.00 Å². The van der Waals surface area contributed by atoms with Gasteiger partial charge in [-0.15, -0.1) is 12.4 Å². The minimum atomic E-state index is -0.216. The van der Waals surface area contributed by atoms with E-state index < -0.39 is 0 Å². The van der Waals surface area contributed by atoms with Crippen LogP contribution in [-0.4, -0.2) is 40.8 Å². The molecule has 0 spiro atoms. The summed E-state index contributed by atoms with van der Waals surface area (Å²) in [7, 11) is 0. The molecular formula is C15H20ClFN4. The molecule has 3 rings (SSSR count). The number of rotatable bonds is 3. The summed E-state index contributed by atoms with van der Waals surface area (Å²) < 4.78 is 13.9. The molecule has 1 fully saturated rings. The number of H-pyrrole nitrogens is 1. The maximum Gasteiger partial charge on any atom is 0.132 e. The van der Waals surface area contributed by atoms with Gasteiger partial charge in [0.05, 0.1) is 11.9 Å². The van der Waals surface area contributed by atoms with Crippen LogP contribution in [0.15, 0.2) is 30.5 Å². The predicted octanol–water partition coefficient (Wildman–Crippen LogP) is 2.43. The molecule has 114 valence electrons. The van der Waals surface area contributed by atoms with Crippen molar-refractivity contribution in [2.75, 3.05) is 19.6 Å². The van der Waals surface area contributed by atoms with Crippen molar-refractivity contribution in [2.45, 2.75) is 19.5 Å². The van der Waals surface area contributed by atoms with E-state index in [0.29, 0.717) is 11.6 Å². The van der Waals surface area contributed by atoms with Crippen molar-refractivity contribution < 1.29 is 4.39 Å². The van der Waals surface area contributed by atoms with Gasteiger partial charge in [0.15, 0.2) is 0 Å². The zero-order chi connectivity index (χ0) is 13.9. The van der Waals surface area contributed by atoms with Gasteiger partial charge in [-0.1, -0.05) is 12.1 Å². The van der Waals surface area contributed by atoms with Crippen molar-refractivity contribution in [3.8, 4) is 11.3 Å². The lowest BCUT2D eigenvalue weighted by Gasteiger charge is -2.31. The number of nitrogens with zero attached hydrogens (tertiary/aromatic N) is 2. The van der Waals surface area contributed by atoms with Crippen molar-refractivity contribution in [2.24, 2.45) is 0 Å². The average Bonchev–Trinajstić information content (AvgIpc) is 2.87. The van der Waals surface area contributed by atoms with E-state index in [2.05, 4.69) is 27.3 Å². The highest BCUT2D eigenvalue weighted by Crippen LogP contribution is 2.25. The molecule has 2 N–H and O–H groups in total. The summed E-state index contributed by atoms with van der Waals surface area (Å²) in [6.45, 7) is 5.98. The van der Waals surface area contributed by atoms with Crippen LogP contribution in [0.1, 0.15) is 12.5 Å². The second kappa shape index (κ2) is 7.02. The summed E-state index contributed by atoms with van der Waals surface area (Å²) in [6.07, 6.45) is 1.80. The number of aromatic nitrogens is 2. The Labute approximate surface area is 130 Å². The maximum absolute atomic E-state index is 13.9. The van der Waals surface area contributed by atoms with Gasteiger partial charge >= 0.3 is 0 Å². The number of piperazine rings is 1. The summed E-state index contributed by atoms with van der Waals surface area (Å²) in [5.41, 5.74) is 2.42. The van der Waals surface area contributed by atoms with Gasteiger partial charge in [0.2, 0.25) is 0 Å². The Balaban J connectivity index is 0.00000161. The van der Waals surface area contributed by atoms with E-state index in [0.717, 1.165) is 37.4 Å². The standard InChI is InChI=1S/C15H19FN4.ClH/c1-11-9-20(7-6-17-11)10-12-8-18-19-15(12)13-4-2-3-5-14(13)16;/h2-5,8,11,17H,6-7,9-10H2,1H3,(H,18,19);1H/t11-;/m0./s1. The van der Waals surface area contributed by atoms with E-state index >= 15 is 0 Å². The molecule has 2 aromatic rings. The first-order valence-electron chi connectivity index (χ1n) is 6.97. The van der Waals surface area contributed by atoms with E-state index in [9.17, 15) is 4.39 Å². The Kier molecular flexibility index (Phi) is 5.33. The Morgan fingerprint density at radius 3 is 2.95 bits per heavy atom. The lowest BCUT2D eigenvalue weighted by atomic mass is 10.1. The van der Waals surface area contributed by atoms with Crippen LogP contribution < -0.4 is 5.32 Å². The first-order valence-corrected chi connectivity index (χ1v) is 6.97. The van der Waals surface area contributed by atoms with Crippen molar-refractivity contribution in [3.05, 3.63) is 41.8 Å². The highest BCUT2D eigenvalue weighted by molar-refractivity contribution is 5.85. The molecule has 4 nitrogen and oxygen atoms in total. The highest BCUT2D eigenvalue weighted by atomic mass is 35.5. The molecule has 6 heteroatoms. The fourth-order valence-corrected chi connectivity index (χ4v) is 2.72. The first-order chi connectivity index (χ1) is 9.74. The Morgan fingerprint density at radius 2 is 2.19 bits per heavy atom. The summed E-state index contributed by atoms with van der Waals surface area (Å²) in [6, 6.07) is 7.30. The van der Waals surface area contributed by atoms with Crippen molar-refractivity contribution in [1.82, 2.24) is 20.4 Å². The molecule has 0 bridgehead atoms. The molecule has 0 radical (unpaired) electrons. The lowest BCUT2D eigenvalue weighted by molar-refractivity contribution is 0.200. The predicted molar refractivity (Wildman–Crippen MR) is 84.0 cm³/mol. The van der Waals surface area contributed by atoms with Gasteiger partial charge in [-0.25, -0.2) is 4.39 Å². The Hall–Kier alpha value is -1.43. The molecule has 1 atom stereocenters. The summed E-state index contributed by atoms with van der Waals surface area (Å²) in [5, 5.41) is 10.4. The topological polar surface area (TPSA) is 44.0 Å². The molecule has 1 aliphatic rings. The second-order valence-electron chi connectivity index (χ2n) is 5.34. The molecule has 0 unspecified atom stereocenters. The van der Waals surface area contributed by atoms with E-state index in [-0.39, 0.29) is 18.2 Å². The van der Waals surface area contributed by atoms with Crippen LogP contribution in [0.5, 0.6) is 0 Å². The van der Waals surface area contributed by atoms with Crippen LogP contribution in [0.25, 0.3) is 11.3 Å². The van der Waals surface area contributed by atoms with Crippen molar-refractivity contribution >= 4 is 12.4 Å². The van der Waals surface area contributed by atoms with E-state index in [1.165, 1.54) is 6.07 Å². The number of hydrogen-bond acceptors (Lipinski definition) is 3. The Bertz CT molecular complexity index is 587. The number of aromatic amines is 1. The van der Waals surface area contributed by atoms with E-state index in [1.54, 1.807) is 18.3 Å². The maximum atomic E-state index is 13.9.